The SMILES string of the molecule is O=C(c1ccc(I)cc1)N1CCCc2ccccc2C1. The van der Waals surface area contributed by atoms with Crippen LogP contribution in [0.3, 0.4) is 0 Å². The Kier molecular flexibility index (Phi) is 4.05. The normalized spacial score (nSPS) is 14.6. The molecule has 3 rings (SSSR count). The van der Waals surface area contributed by atoms with Crippen LogP contribution >= 0.6 is 22.6 Å². The van der Waals surface area contributed by atoms with E-state index in [0.717, 1.165) is 35.1 Å². The molecule has 0 fully saturated rings. The van der Waals surface area contributed by atoms with Crippen LogP contribution < -0.4 is 0 Å². The van der Waals surface area contributed by atoms with Crippen molar-refractivity contribution in [3.8, 4) is 0 Å². The zero-order valence-electron chi connectivity index (χ0n) is 11.2. The molecule has 1 aliphatic rings. The molecule has 0 bridgehead atoms. The maximum absolute atomic E-state index is 12.6. The van der Waals surface area contributed by atoms with Gasteiger partial charge in [0.05, 0.1) is 0 Å². The summed E-state index contributed by atoms with van der Waals surface area (Å²) in [6.07, 6.45) is 2.10. The van der Waals surface area contributed by atoms with E-state index < -0.39 is 0 Å². The molecule has 0 spiro atoms. The molecule has 2 aromatic rings. The van der Waals surface area contributed by atoms with Gasteiger partial charge in [0.2, 0.25) is 0 Å². The summed E-state index contributed by atoms with van der Waals surface area (Å²) in [5.41, 5.74) is 3.44. The number of aryl methyl sites for hydroxylation is 1. The van der Waals surface area contributed by atoms with Crippen LogP contribution in [0.5, 0.6) is 0 Å². The standard InChI is InChI=1S/C17H16INO/c18-16-9-7-14(8-10-16)17(20)19-11-3-6-13-4-1-2-5-15(13)12-19/h1-2,4-5,7-10H,3,6,11-12H2. The Morgan fingerprint density at radius 1 is 1.00 bits per heavy atom. The Morgan fingerprint density at radius 2 is 1.70 bits per heavy atom. The third-order valence-corrected chi connectivity index (χ3v) is 4.45. The summed E-state index contributed by atoms with van der Waals surface area (Å²) in [5, 5.41) is 0. The van der Waals surface area contributed by atoms with Crippen molar-refractivity contribution in [3.05, 3.63) is 68.8 Å². The van der Waals surface area contributed by atoms with Crippen molar-refractivity contribution < 1.29 is 4.79 Å². The summed E-state index contributed by atoms with van der Waals surface area (Å²) in [6, 6.07) is 16.2. The first-order valence-corrected chi connectivity index (χ1v) is 7.93. The summed E-state index contributed by atoms with van der Waals surface area (Å²) >= 11 is 2.26. The molecule has 2 nitrogen and oxygen atoms in total. The highest BCUT2D eigenvalue weighted by Crippen LogP contribution is 2.20. The van der Waals surface area contributed by atoms with Crippen molar-refractivity contribution in [1.82, 2.24) is 4.90 Å². The van der Waals surface area contributed by atoms with Crippen molar-refractivity contribution in [2.45, 2.75) is 19.4 Å². The summed E-state index contributed by atoms with van der Waals surface area (Å²) < 4.78 is 1.15. The maximum atomic E-state index is 12.6. The van der Waals surface area contributed by atoms with Crippen LogP contribution in [0.2, 0.25) is 0 Å². The Morgan fingerprint density at radius 3 is 2.45 bits per heavy atom. The van der Waals surface area contributed by atoms with Crippen LogP contribution in [0.25, 0.3) is 0 Å². The Bertz CT molecular complexity index is 621. The van der Waals surface area contributed by atoms with Gasteiger partial charge in [-0.2, -0.15) is 0 Å². The largest absolute Gasteiger partial charge is 0.334 e. The first kappa shape index (κ1) is 13.6. The molecular weight excluding hydrogens is 361 g/mol. The minimum Gasteiger partial charge on any atom is -0.334 e. The van der Waals surface area contributed by atoms with Gasteiger partial charge in [-0.15, -0.1) is 0 Å². The van der Waals surface area contributed by atoms with Gasteiger partial charge in [0.1, 0.15) is 0 Å². The fourth-order valence-corrected chi connectivity index (χ4v) is 3.01. The van der Waals surface area contributed by atoms with Crippen LogP contribution in [0.15, 0.2) is 48.5 Å². The number of hydrogen-bond donors (Lipinski definition) is 0. The molecule has 20 heavy (non-hydrogen) atoms. The minimum atomic E-state index is 0.137. The molecule has 0 saturated heterocycles. The lowest BCUT2D eigenvalue weighted by Crippen LogP contribution is -2.30. The maximum Gasteiger partial charge on any atom is 0.254 e. The van der Waals surface area contributed by atoms with Gasteiger partial charge in [0, 0.05) is 22.2 Å². The molecule has 0 saturated carbocycles. The molecular formula is C17H16INO. The van der Waals surface area contributed by atoms with E-state index >= 15 is 0 Å². The van der Waals surface area contributed by atoms with Gasteiger partial charge in [0.25, 0.3) is 5.91 Å². The molecule has 0 aromatic heterocycles. The summed E-state index contributed by atoms with van der Waals surface area (Å²) in [4.78, 5) is 14.6. The van der Waals surface area contributed by atoms with E-state index in [9.17, 15) is 4.79 Å². The van der Waals surface area contributed by atoms with Crippen molar-refractivity contribution in [3.63, 3.8) is 0 Å². The number of benzene rings is 2. The predicted octanol–water partition coefficient (Wildman–Crippen LogP) is 3.88. The van der Waals surface area contributed by atoms with Crippen molar-refractivity contribution in [1.29, 1.82) is 0 Å². The second kappa shape index (κ2) is 5.95. The molecule has 0 unspecified atom stereocenters. The van der Waals surface area contributed by atoms with Gasteiger partial charge in [-0.3, -0.25) is 4.79 Å². The molecule has 3 heteroatoms. The van der Waals surface area contributed by atoms with Crippen LogP contribution in [-0.2, 0) is 13.0 Å². The lowest BCUT2D eigenvalue weighted by atomic mass is 10.0. The van der Waals surface area contributed by atoms with Crippen molar-refractivity contribution in [2.75, 3.05) is 6.54 Å². The number of nitrogens with zero attached hydrogens (tertiary/aromatic N) is 1. The van der Waals surface area contributed by atoms with Gasteiger partial charge in [-0.05, 0) is 70.8 Å². The lowest BCUT2D eigenvalue weighted by Gasteiger charge is -2.21. The first-order valence-electron chi connectivity index (χ1n) is 6.85. The van der Waals surface area contributed by atoms with Gasteiger partial charge >= 0.3 is 0 Å². The number of hydrogen-bond acceptors (Lipinski definition) is 1. The van der Waals surface area contributed by atoms with E-state index in [0.29, 0.717) is 0 Å². The van der Waals surface area contributed by atoms with Gasteiger partial charge < -0.3 is 4.90 Å². The summed E-state index contributed by atoms with van der Waals surface area (Å²) in [5.74, 6) is 0.137. The van der Waals surface area contributed by atoms with Gasteiger partial charge in [-0.25, -0.2) is 0 Å². The molecule has 102 valence electrons. The number of carbonyl (C=O) groups excluding carboxylic acids is 1. The number of amides is 1. The number of rotatable bonds is 1. The van der Waals surface area contributed by atoms with Gasteiger partial charge in [-0.1, -0.05) is 24.3 Å². The quantitative estimate of drug-likeness (QED) is 0.691. The van der Waals surface area contributed by atoms with Crippen molar-refractivity contribution in [2.24, 2.45) is 0 Å². The summed E-state index contributed by atoms with van der Waals surface area (Å²) in [6.45, 7) is 1.56. The molecule has 1 amide bonds. The molecule has 1 aliphatic heterocycles. The highest BCUT2D eigenvalue weighted by Gasteiger charge is 2.19. The summed E-state index contributed by atoms with van der Waals surface area (Å²) in [7, 11) is 0. The molecule has 0 aliphatic carbocycles. The third kappa shape index (κ3) is 2.87. The van der Waals surface area contributed by atoms with Crippen LogP contribution in [0.1, 0.15) is 27.9 Å². The van der Waals surface area contributed by atoms with E-state index in [2.05, 4.69) is 46.9 Å². The van der Waals surface area contributed by atoms with Crippen LogP contribution in [0, 0.1) is 3.57 Å². The van der Waals surface area contributed by atoms with Crippen LogP contribution in [-0.4, -0.2) is 17.4 Å². The zero-order chi connectivity index (χ0) is 13.9. The minimum absolute atomic E-state index is 0.137. The second-order valence-corrected chi connectivity index (χ2v) is 6.35. The second-order valence-electron chi connectivity index (χ2n) is 5.11. The third-order valence-electron chi connectivity index (χ3n) is 3.73. The van der Waals surface area contributed by atoms with Gasteiger partial charge in [0.15, 0.2) is 0 Å². The molecule has 2 aromatic carbocycles. The average molecular weight is 377 g/mol. The fraction of sp³-hybridized carbons (Fsp3) is 0.235. The van der Waals surface area contributed by atoms with E-state index in [1.807, 2.05) is 29.2 Å². The van der Waals surface area contributed by atoms with E-state index in [4.69, 9.17) is 0 Å². The molecule has 1 heterocycles. The van der Waals surface area contributed by atoms with Crippen LogP contribution in [0.4, 0.5) is 0 Å². The predicted molar refractivity (Wildman–Crippen MR) is 88.7 cm³/mol. The lowest BCUT2D eigenvalue weighted by molar-refractivity contribution is 0.0746. The van der Waals surface area contributed by atoms with Crippen molar-refractivity contribution >= 4 is 28.5 Å². The molecule has 0 radical (unpaired) electrons. The highest BCUT2D eigenvalue weighted by molar-refractivity contribution is 14.1. The smallest absolute Gasteiger partial charge is 0.254 e. The molecule has 0 N–H and O–H groups in total. The molecule has 0 atom stereocenters. The number of halogens is 1. The zero-order valence-corrected chi connectivity index (χ0v) is 13.3. The first-order chi connectivity index (χ1) is 9.74. The number of carbonyl (C=O) groups is 1. The highest BCUT2D eigenvalue weighted by atomic mass is 127. The number of fused-ring (bicyclic) bond motifs is 1. The average Bonchev–Trinajstić information content (AvgIpc) is 2.69. The Hall–Kier alpha value is -1.36. The van der Waals surface area contributed by atoms with E-state index in [1.165, 1.54) is 11.1 Å². The van der Waals surface area contributed by atoms with E-state index in [1.54, 1.807) is 0 Å². The van der Waals surface area contributed by atoms with E-state index in [-0.39, 0.29) is 5.91 Å². The Balaban J connectivity index is 1.84. The Labute approximate surface area is 132 Å². The topological polar surface area (TPSA) is 20.3 Å². The fourth-order valence-electron chi connectivity index (χ4n) is 2.65. The monoisotopic (exact) mass is 377 g/mol.